The molecule has 0 aromatic heterocycles. The first-order chi connectivity index (χ1) is 12.0. The van der Waals surface area contributed by atoms with E-state index in [1.165, 1.54) is 24.9 Å². The van der Waals surface area contributed by atoms with Gasteiger partial charge < -0.3 is 15.2 Å². The van der Waals surface area contributed by atoms with Crippen LogP contribution in [-0.2, 0) is 4.79 Å². The van der Waals surface area contributed by atoms with E-state index >= 15 is 0 Å². The zero-order valence-corrected chi connectivity index (χ0v) is 15.1. The van der Waals surface area contributed by atoms with Crippen LogP contribution < -0.4 is 10.1 Å². The first-order valence-electron chi connectivity index (χ1n) is 7.39. The molecular formula is C18H15ClN2O3S. The maximum absolute atomic E-state index is 12.2. The standard InChI is InChI=1S/C18H15ClN2O3S/c1-10-3-5-13(6-4-10)20-18-21-17(23)15(25-18)8-11-7-12(19)9-14(24-2)16(11)22/h3-9,22H,1-2H3,(H,20,21,23)/b15-8+. The second-order valence-corrected chi connectivity index (χ2v) is 6.83. The molecule has 1 heterocycles. The molecule has 0 unspecified atom stereocenters. The van der Waals surface area contributed by atoms with Gasteiger partial charge in [0.15, 0.2) is 16.7 Å². The molecule has 2 aromatic rings. The van der Waals surface area contributed by atoms with Gasteiger partial charge in [0, 0.05) is 16.7 Å². The summed E-state index contributed by atoms with van der Waals surface area (Å²) < 4.78 is 5.07. The number of hydrogen-bond donors (Lipinski definition) is 2. The van der Waals surface area contributed by atoms with Gasteiger partial charge in [-0.2, -0.15) is 0 Å². The van der Waals surface area contributed by atoms with E-state index in [1.54, 1.807) is 12.1 Å². The van der Waals surface area contributed by atoms with Crippen LogP contribution >= 0.6 is 23.4 Å². The van der Waals surface area contributed by atoms with E-state index in [0.717, 1.165) is 11.3 Å². The van der Waals surface area contributed by atoms with Crippen LogP contribution in [0.1, 0.15) is 11.1 Å². The molecule has 0 atom stereocenters. The maximum Gasteiger partial charge on any atom is 0.264 e. The zero-order chi connectivity index (χ0) is 18.0. The third-order valence-corrected chi connectivity index (χ3v) is 4.62. The average molecular weight is 375 g/mol. The van der Waals surface area contributed by atoms with Crippen LogP contribution in [-0.4, -0.2) is 23.3 Å². The summed E-state index contributed by atoms with van der Waals surface area (Å²) in [4.78, 5) is 17.0. The number of rotatable bonds is 3. The lowest BCUT2D eigenvalue weighted by Gasteiger charge is -2.07. The van der Waals surface area contributed by atoms with Gasteiger partial charge in [-0.1, -0.05) is 29.3 Å². The molecule has 2 N–H and O–H groups in total. The van der Waals surface area contributed by atoms with Gasteiger partial charge in [-0.25, -0.2) is 4.99 Å². The molecule has 2 aromatic carbocycles. The Morgan fingerprint density at radius 1 is 1.28 bits per heavy atom. The van der Waals surface area contributed by atoms with Gasteiger partial charge in [0.05, 0.1) is 17.7 Å². The van der Waals surface area contributed by atoms with Crippen molar-refractivity contribution in [2.24, 2.45) is 4.99 Å². The minimum absolute atomic E-state index is 0.0725. The molecule has 1 saturated heterocycles. The molecule has 3 rings (SSSR count). The van der Waals surface area contributed by atoms with Crippen molar-refractivity contribution in [1.82, 2.24) is 5.32 Å². The number of thioether (sulfide) groups is 1. The number of halogens is 1. The summed E-state index contributed by atoms with van der Waals surface area (Å²) in [6.45, 7) is 2.00. The third kappa shape index (κ3) is 3.97. The highest BCUT2D eigenvalue weighted by Gasteiger charge is 2.24. The molecule has 1 fully saturated rings. The molecule has 128 valence electrons. The SMILES string of the molecule is COc1cc(Cl)cc(/C=C2/SC(=Nc3ccc(C)cc3)NC2=O)c1O. The highest BCUT2D eigenvalue weighted by molar-refractivity contribution is 8.18. The number of phenols is 1. The molecule has 0 saturated carbocycles. The minimum Gasteiger partial charge on any atom is -0.504 e. The molecule has 1 amide bonds. The molecule has 0 bridgehead atoms. The number of nitrogens with zero attached hydrogens (tertiary/aromatic N) is 1. The Hall–Kier alpha value is -2.44. The van der Waals surface area contributed by atoms with E-state index in [9.17, 15) is 9.90 Å². The Balaban J connectivity index is 1.89. The summed E-state index contributed by atoms with van der Waals surface area (Å²) in [5.74, 6) is -0.109. The number of carbonyl (C=O) groups is 1. The number of nitrogens with one attached hydrogen (secondary N) is 1. The number of aliphatic imine (C=N–C) groups is 1. The summed E-state index contributed by atoms with van der Waals surface area (Å²) in [6, 6.07) is 10.7. The van der Waals surface area contributed by atoms with Crippen molar-refractivity contribution < 1.29 is 14.6 Å². The largest absolute Gasteiger partial charge is 0.504 e. The monoisotopic (exact) mass is 374 g/mol. The van der Waals surface area contributed by atoms with Crippen molar-refractivity contribution in [3.8, 4) is 11.5 Å². The molecule has 1 aliphatic heterocycles. The summed E-state index contributed by atoms with van der Waals surface area (Å²) in [5, 5.41) is 13.8. The van der Waals surface area contributed by atoms with Crippen LogP contribution in [0.15, 0.2) is 46.3 Å². The summed E-state index contributed by atoms with van der Waals surface area (Å²) in [6.07, 6.45) is 1.56. The Bertz CT molecular complexity index is 892. The number of carbonyl (C=O) groups excluding carboxylic acids is 1. The van der Waals surface area contributed by atoms with Crippen molar-refractivity contribution in [1.29, 1.82) is 0 Å². The van der Waals surface area contributed by atoms with E-state index in [4.69, 9.17) is 16.3 Å². The lowest BCUT2D eigenvalue weighted by Crippen LogP contribution is -2.19. The molecule has 5 nitrogen and oxygen atoms in total. The van der Waals surface area contributed by atoms with E-state index < -0.39 is 0 Å². The topological polar surface area (TPSA) is 70.9 Å². The van der Waals surface area contributed by atoms with Crippen molar-refractivity contribution >= 4 is 46.2 Å². The van der Waals surface area contributed by atoms with Crippen molar-refractivity contribution in [2.75, 3.05) is 7.11 Å². The van der Waals surface area contributed by atoms with Gasteiger partial charge in [0.25, 0.3) is 5.91 Å². The molecule has 7 heteroatoms. The van der Waals surface area contributed by atoms with Crippen LogP contribution in [0.2, 0.25) is 5.02 Å². The highest BCUT2D eigenvalue weighted by Crippen LogP contribution is 2.37. The summed E-state index contributed by atoms with van der Waals surface area (Å²) >= 11 is 7.22. The van der Waals surface area contributed by atoms with Gasteiger partial charge >= 0.3 is 0 Å². The number of ether oxygens (including phenoxy) is 1. The number of benzene rings is 2. The van der Waals surface area contributed by atoms with E-state index in [2.05, 4.69) is 10.3 Å². The van der Waals surface area contributed by atoms with Crippen LogP contribution in [0.4, 0.5) is 5.69 Å². The zero-order valence-electron chi connectivity index (χ0n) is 13.5. The number of aromatic hydroxyl groups is 1. The van der Waals surface area contributed by atoms with E-state index in [0.29, 0.717) is 20.7 Å². The lowest BCUT2D eigenvalue weighted by atomic mass is 10.1. The van der Waals surface area contributed by atoms with Crippen molar-refractivity contribution in [2.45, 2.75) is 6.92 Å². The van der Waals surface area contributed by atoms with Crippen LogP contribution in [0.3, 0.4) is 0 Å². The number of methoxy groups -OCH3 is 1. The number of phenolic OH excluding ortho intramolecular Hbond substituents is 1. The van der Waals surface area contributed by atoms with Gasteiger partial charge in [0.2, 0.25) is 0 Å². The van der Waals surface area contributed by atoms with Crippen molar-refractivity contribution in [3.63, 3.8) is 0 Å². The molecule has 25 heavy (non-hydrogen) atoms. The van der Waals surface area contributed by atoms with Gasteiger partial charge in [0.1, 0.15) is 0 Å². The number of hydrogen-bond acceptors (Lipinski definition) is 5. The number of aryl methyl sites for hydroxylation is 1. The second kappa shape index (κ2) is 7.21. The maximum atomic E-state index is 12.2. The predicted octanol–water partition coefficient (Wildman–Crippen LogP) is 4.25. The fourth-order valence-corrected chi connectivity index (χ4v) is 3.27. The Morgan fingerprint density at radius 3 is 2.68 bits per heavy atom. The molecular weight excluding hydrogens is 360 g/mol. The normalized spacial score (nSPS) is 17.2. The quantitative estimate of drug-likeness (QED) is 0.788. The van der Waals surface area contributed by atoms with Gasteiger partial charge in [-0.05, 0) is 43.0 Å². The highest BCUT2D eigenvalue weighted by atomic mass is 35.5. The van der Waals surface area contributed by atoms with Crippen LogP contribution in [0.5, 0.6) is 11.5 Å². The van der Waals surface area contributed by atoms with Crippen LogP contribution in [0.25, 0.3) is 6.08 Å². The first-order valence-corrected chi connectivity index (χ1v) is 8.58. The van der Waals surface area contributed by atoms with E-state index in [-0.39, 0.29) is 17.4 Å². The van der Waals surface area contributed by atoms with E-state index in [1.807, 2.05) is 31.2 Å². The molecule has 1 aliphatic rings. The van der Waals surface area contributed by atoms with Gasteiger partial charge in [-0.15, -0.1) is 0 Å². The van der Waals surface area contributed by atoms with Crippen LogP contribution in [0, 0.1) is 6.92 Å². The fraction of sp³-hybridized carbons (Fsp3) is 0.111. The van der Waals surface area contributed by atoms with Gasteiger partial charge in [-0.3, -0.25) is 4.79 Å². The molecule has 0 radical (unpaired) electrons. The fourth-order valence-electron chi connectivity index (χ4n) is 2.22. The second-order valence-electron chi connectivity index (χ2n) is 5.36. The Morgan fingerprint density at radius 2 is 2.00 bits per heavy atom. The Kier molecular flexibility index (Phi) is 5.01. The van der Waals surface area contributed by atoms with Crippen molar-refractivity contribution in [3.05, 3.63) is 57.5 Å². The number of amides is 1. The predicted molar refractivity (Wildman–Crippen MR) is 102 cm³/mol. The summed E-state index contributed by atoms with van der Waals surface area (Å²) in [5.41, 5.74) is 2.29. The lowest BCUT2D eigenvalue weighted by molar-refractivity contribution is -0.115. The average Bonchev–Trinajstić information content (AvgIpc) is 2.92. The number of amidine groups is 1. The summed E-state index contributed by atoms with van der Waals surface area (Å²) in [7, 11) is 1.44. The third-order valence-electron chi connectivity index (χ3n) is 3.49. The smallest absolute Gasteiger partial charge is 0.264 e. The molecule has 0 spiro atoms. The first kappa shape index (κ1) is 17.4. The minimum atomic E-state index is -0.283. The molecule has 0 aliphatic carbocycles. The Labute approximate surface area is 154 Å².